The average molecular weight is 320 g/mol. The molecule has 23 heavy (non-hydrogen) atoms. The van der Waals surface area contributed by atoms with E-state index in [0.717, 1.165) is 25.7 Å². The minimum Gasteiger partial charge on any atom is -0.478 e. The lowest BCUT2D eigenvalue weighted by molar-refractivity contribution is -0.200. The van der Waals surface area contributed by atoms with Gasteiger partial charge in [0, 0.05) is 11.1 Å². The van der Waals surface area contributed by atoms with Gasteiger partial charge in [-0.3, -0.25) is 0 Å². The third-order valence-corrected chi connectivity index (χ3v) is 6.05. The van der Waals surface area contributed by atoms with Crippen molar-refractivity contribution in [2.24, 2.45) is 16.7 Å². The second-order valence-electron chi connectivity index (χ2n) is 8.40. The smallest absolute Gasteiger partial charge is 0.330 e. The number of hydrogen-bond acceptors (Lipinski definition) is 3. The van der Waals surface area contributed by atoms with Crippen LogP contribution in [0.15, 0.2) is 24.3 Å². The predicted octanol–water partition coefficient (Wildman–Crippen LogP) is 2.75. The molecule has 5 heteroatoms. The lowest BCUT2D eigenvalue weighted by atomic mass is 9.41. The highest BCUT2D eigenvalue weighted by Crippen LogP contribution is 2.69. The lowest BCUT2D eigenvalue weighted by Crippen LogP contribution is -2.60. The summed E-state index contributed by atoms with van der Waals surface area (Å²) < 4.78 is 0. The summed E-state index contributed by atoms with van der Waals surface area (Å²) in [4.78, 5) is 22.4. The summed E-state index contributed by atoms with van der Waals surface area (Å²) in [6, 6.07) is 0. The minimum absolute atomic E-state index is 0.183. The van der Waals surface area contributed by atoms with E-state index in [-0.39, 0.29) is 22.0 Å². The molecule has 0 aromatic carbocycles. The number of aliphatic hydroxyl groups is 1. The van der Waals surface area contributed by atoms with Crippen molar-refractivity contribution in [3.05, 3.63) is 24.3 Å². The largest absolute Gasteiger partial charge is 0.478 e. The van der Waals surface area contributed by atoms with Crippen LogP contribution in [0.1, 0.15) is 51.4 Å². The van der Waals surface area contributed by atoms with Crippen LogP contribution in [0.25, 0.3) is 0 Å². The Kier molecular flexibility index (Phi) is 3.49. The van der Waals surface area contributed by atoms with Gasteiger partial charge in [-0.2, -0.15) is 0 Å². The van der Waals surface area contributed by atoms with Gasteiger partial charge in [0.05, 0.1) is 5.60 Å². The van der Waals surface area contributed by atoms with Gasteiger partial charge in [0.25, 0.3) is 0 Å². The third kappa shape index (κ3) is 2.82. The first-order chi connectivity index (χ1) is 10.6. The quantitative estimate of drug-likeness (QED) is 0.654. The molecule has 4 rings (SSSR count). The summed E-state index contributed by atoms with van der Waals surface area (Å²) in [5, 5.41) is 29.3. The minimum atomic E-state index is -0.989. The van der Waals surface area contributed by atoms with Crippen LogP contribution < -0.4 is 0 Å². The summed E-state index contributed by atoms with van der Waals surface area (Å²) >= 11 is 0. The van der Waals surface area contributed by atoms with E-state index in [2.05, 4.69) is 13.2 Å². The Balaban J connectivity index is 1.90. The zero-order valence-corrected chi connectivity index (χ0v) is 13.3. The molecule has 0 spiro atoms. The Hall–Kier alpha value is -1.62. The fraction of sp³-hybridized carbons (Fsp3) is 0.667. The van der Waals surface area contributed by atoms with E-state index in [4.69, 9.17) is 0 Å². The molecular formula is C18H24O5. The van der Waals surface area contributed by atoms with Gasteiger partial charge in [-0.15, -0.1) is 0 Å². The average Bonchev–Trinajstić information content (AvgIpc) is 2.33. The maximum Gasteiger partial charge on any atom is 0.330 e. The van der Waals surface area contributed by atoms with E-state index in [9.17, 15) is 24.9 Å². The summed E-state index contributed by atoms with van der Waals surface area (Å²) in [5.74, 6) is -1.65. The molecule has 0 aromatic heterocycles. The van der Waals surface area contributed by atoms with Crippen molar-refractivity contribution in [1.82, 2.24) is 0 Å². The maximum absolute atomic E-state index is 11.2. The van der Waals surface area contributed by atoms with Crippen molar-refractivity contribution < 1.29 is 24.9 Å². The van der Waals surface area contributed by atoms with E-state index in [0.29, 0.717) is 31.6 Å². The zero-order chi connectivity index (χ0) is 17.0. The Labute approximate surface area is 135 Å². The van der Waals surface area contributed by atoms with Crippen molar-refractivity contribution in [2.45, 2.75) is 57.0 Å². The van der Waals surface area contributed by atoms with E-state index < -0.39 is 17.5 Å². The van der Waals surface area contributed by atoms with E-state index in [1.807, 2.05) is 0 Å². The zero-order valence-electron chi connectivity index (χ0n) is 13.3. The Morgan fingerprint density at radius 2 is 1.30 bits per heavy atom. The molecule has 4 aliphatic carbocycles. The van der Waals surface area contributed by atoms with E-state index in [1.54, 1.807) is 0 Å². The van der Waals surface area contributed by atoms with E-state index in [1.165, 1.54) is 0 Å². The number of aliphatic carboxylic acids is 2. The Morgan fingerprint density at radius 1 is 0.870 bits per heavy atom. The van der Waals surface area contributed by atoms with Crippen molar-refractivity contribution in [1.29, 1.82) is 0 Å². The normalized spacial score (nSPS) is 40.8. The van der Waals surface area contributed by atoms with Crippen LogP contribution in [0.4, 0.5) is 0 Å². The van der Waals surface area contributed by atoms with Gasteiger partial charge in [-0.1, -0.05) is 13.2 Å². The van der Waals surface area contributed by atoms with E-state index >= 15 is 0 Å². The molecule has 2 atom stereocenters. The molecule has 0 aromatic rings. The van der Waals surface area contributed by atoms with Gasteiger partial charge in [0.2, 0.25) is 0 Å². The van der Waals surface area contributed by atoms with Crippen LogP contribution in [-0.4, -0.2) is 32.9 Å². The van der Waals surface area contributed by atoms with Gasteiger partial charge in [-0.05, 0) is 68.1 Å². The molecule has 0 heterocycles. The van der Waals surface area contributed by atoms with Crippen LogP contribution in [0, 0.1) is 16.7 Å². The van der Waals surface area contributed by atoms with Crippen LogP contribution in [0.5, 0.6) is 0 Å². The Bertz CT molecular complexity index is 561. The molecule has 126 valence electrons. The molecule has 3 N–H and O–H groups in total. The first-order valence-corrected chi connectivity index (χ1v) is 8.11. The van der Waals surface area contributed by atoms with Crippen LogP contribution >= 0.6 is 0 Å². The monoisotopic (exact) mass is 320 g/mol. The lowest BCUT2D eigenvalue weighted by Gasteiger charge is -2.65. The van der Waals surface area contributed by atoms with Gasteiger partial charge in [0.15, 0.2) is 0 Å². The number of hydrogen-bond donors (Lipinski definition) is 3. The summed E-state index contributed by atoms with van der Waals surface area (Å²) in [5.41, 5.74) is -0.951. The van der Waals surface area contributed by atoms with Crippen LogP contribution in [0.3, 0.4) is 0 Å². The molecule has 2 unspecified atom stereocenters. The van der Waals surface area contributed by atoms with Gasteiger partial charge in [-0.25, -0.2) is 9.59 Å². The SMILES string of the molecule is C=C(CC12CC3CC(O)(C1)CC(CC(=C)C(=O)O)(C3)C2)C(=O)O. The third-order valence-electron chi connectivity index (χ3n) is 6.05. The van der Waals surface area contributed by atoms with Gasteiger partial charge < -0.3 is 15.3 Å². The van der Waals surface area contributed by atoms with Gasteiger partial charge >= 0.3 is 11.9 Å². The Morgan fingerprint density at radius 3 is 1.65 bits per heavy atom. The molecule has 4 aliphatic rings. The topological polar surface area (TPSA) is 94.8 Å². The summed E-state index contributed by atoms with van der Waals surface area (Å²) in [6.45, 7) is 7.34. The van der Waals surface area contributed by atoms with Crippen LogP contribution in [0.2, 0.25) is 0 Å². The van der Waals surface area contributed by atoms with Crippen LogP contribution in [-0.2, 0) is 9.59 Å². The summed E-state index contributed by atoms with van der Waals surface area (Å²) in [7, 11) is 0. The standard InChI is InChI=1S/C18H24O5/c1-11(14(19)20)3-16-5-13-6-17(8-16,4-12(2)15(21)22)10-18(23,7-13)9-16/h13,23H,1-10H2,(H,19,20)(H,21,22). The highest BCUT2D eigenvalue weighted by molar-refractivity contribution is 5.86. The molecule has 0 aliphatic heterocycles. The molecule has 0 amide bonds. The van der Waals surface area contributed by atoms with Crippen molar-refractivity contribution in [3.63, 3.8) is 0 Å². The number of carboxylic acids is 2. The highest BCUT2D eigenvalue weighted by atomic mass is 16.4. The first-order valence-electron chi connectivity index (χ1n) is 8.11. The number of rotatable bonds is 6. The van der Waals surface area contributed by atoms with Crippen molar-refractivity contribution >= 4 is 11.9 Å². The molecule has 0 radical (unpaired) electrons. The highest BCUT2D eigenvalue weighted by Gasteiger charge is 2.62. The fourth-order valence-electron chi connectivity index (χ4n) is 6.24. The molecule has 5 nitrogen and oxygen atoms in total. The fourth-order valence-corrected chi connectivity index (χ4v) is 6.24. The molecule has 0 saturated heterocycles. The molecule has 4 bridgehead atoms. The number of carboxylic acid groups (broad SMARTS) is 2. The maximum atomic E-state index is 11.2. The second-order valence-corrected chi connectivity index (χ2v) is 8.40. The van der Waals surface area contributed by atoms with Crippen molar-refractivity contribution in [2.75, 3.05) is 0 Å². The second kappa shape index (κ2) is 4.94. The molecular weight excluding hydrogens is 296 g/mol. The van der Waals surface area contributed by atoms with Gasteiger partial charge in [0.1, 0.15) is 0 Å². The summed E-state index contributed by atoms with van der Waals surface area (Å²) in [6.07, 6.45) is 5.28. The first kappa shape index (κ1) is 16.2. The molecule has 4 fully saturated rings. The molecule has 4 saturated carbocycles. The van der Waals surface area contributed by atoms with Crippen molar-refractivity contribution in [3.8, 4) is 0 Å². The predicted molar refractivity (Wildman–Crippen MR) is 83.8 cm³/mol. The number of carbonyl (C=O) groups is 2.